The lowest BCUT2D eigenvalue weighted by atomic mass is 9.77. The van der Waals surface area contributed by atoms with Gasteiger partial charge in [0, 0.05) is 0 Å². The maximum atomic E-state index is 13.7. The zero-order chi connectivity index (χ0) is 19.9. The number of hydrogen-bond acceptors (Lipinski definition) is 0. The van der Waals surface area contributed by atoms with Crippen LogP contribution in [0.25, 0.3) is 0 Å². The van der Waals surface area contributed by atoms with Crippen LogP contribution in [-0.2, 0) is 12.6 Å². The fourth-order valence-corrected chi connectivity index (χ4v) is 4.08. The van der Waals surface area contributed by atoms with E-state index >= 15 is 0 Å². The highest BCUT2D eigenvalue weighted by molar-refractivity contribution is 5.28. The molecule has 1 fully saturated rings. The Morgan fingerprint density at radius 3 is 2.00 bits per heavy atom. The van der Waals surface area contributed by atoms with Gasteiger partial charge in [0.15, 0.2) is 0 Å². The van der Waals surface area contributed by atoms with Crippen LogP contribution in [0, 0.1) is 23.5 Å². The van der Waals surface area contributed by atoms with Crippen LogP contribution in [0.1, 0.15) is 75.8 Å². The summed E-state index contributed by atoms with van der Waals surface area (Å²) in [6.07, 6.45) is 9.94. The van der Waals surface area contributed by atoms with Gasteiger partial charge in [-0.1, -0.05) is 50.7 Å². The molecule has 0 aliphatic heterocycles. The number of hydrogen-bond donors (Lipinski definition) is 0. The first-order valence-electron chi connectivity index (χ1n) is 9.97. The molecular formula is C22H29F5. The molecule has 1 aromatic rings. The molecule has 0 nitrogen and oxygen atoms in total. The fraction of sp³-hybridized carbons (Fsp3) is 0.636. The smallest absolute Gasteiger partial charge is 0.206 e. The third-order valence-electron chi connectivity index (χ3n) is 5.66. The van der Waals surface area contributed by atoms with E-state index in [-0.39, 0.29) is 0 Å². The minimum atomic E-state index is -5.00. The van der Waals surface area contributed by atoms with Crippen LogP contribution in [0.4, 0.5) is 22.0 Å². The van der Waals surface area contributed by atoms with Gasteiger partial charge >= 0.3 is 6.18 Å². The molecule has 0 unspecified atom stereocenters. The molecule has 152 valence electrons. The molecule has 1 aliphatic carbocycles. The summed E-state index contributed by atoms with van der Waals surface area (Å²) >= 11 is 0. The van der Waals surface area contributed by atoms with Crippen molar-refractivity contribution in [3.05, 3.63) is 47.0 Å². The van der Waals surface area contributed by atoms with E-state index in [1.165, 1.54) is 32.1 Å². The first-order chi connectivity index (χ1) is 12.8. The molecule has 0 saturated heterocycles. The number of allylic oxidation sites excluding steroid dienone is 2. The van der Waals surface area contributed by atoms with Crippen molar-refractivity contribution in [2.75, 3.05) is 0 Å². The summed E-state index contributed by atoms with van der Waals surface area (Å²) in [6, 6.07) is 1.67. The van der Waals surface area contributed by atoms with Gasteiger partial charge in [0.25, 0.3) is 0 Å². The molecule has 0 amide bonds. The molecule has 1 saturated carbocycles. The fourth-order valence-electron chi connectivity index (χ4n) is 4.08. The first-order valence-corrected chi connectivity index (χ1v) is 9.97. The van der Waals surface area contributed by atoms with Gasteiger partial charge in [-0.05, 0) is 62.1 Å². The lowest BCUT2D eigenvalue weighted by Gasteiger charge is -2.28. The van der Waals surface area contributed by atoms with Crippen molar-refractivity contribution in [3.8, 4) is 0 Å². The number of benzene rings is 1. The number of aryl methyl sites for hydroxylation is 1. The van der Waals surface area contributed by atoms with E-state index in [0.29, 0.717) is 17.9 Å². The van der Waals surface area contributed by atoms with Crippen LogP contribution < -0.4 is 0 Å². The van der Waals surface area contributed by atoms with E-state index in [0.717, 1.165) is 43.7 Å². The van der Waals surface area contributed by atoms with Gasteiger partial charge in [-0.25, -0.2) is 8.78 Å². The Bertz CT molecular complexity index is 587. The molecule has 0 atom stereocenters. The molecule has 2 rings (SSSR count). The van der Waals surface area contributed by atoms with Crippen LogP contribution in [0.15, 0.2) is 24.3 Å². The summed E-state index contributed by atoms with van der Waals surface area (Å²) in [6.45, 7) is 2.04. The zero-order valence-electron chi connectivity index (χ0n) is 15.9. The van der Waals surface area contributed by atoms with Gasteiger partial charge in [-0.2, -0.15) is 13.2 Å². The highest BCUT2D eigenvalue weighted by Crippen LogP contribution is 2.36. The lowest BCUT2D eigenvalue weighted by Crippen LogP contribution is -2.16. The quantitative estimate of drug-likeness (QED) is 0.241. The van der Waals surface area contributed by atoms with Crippen molar-refractivity contribution in [2.45, 2.75) is 77.3 Å². The van der Waals surface area contributed by atoms with Crippen LogP contribution in [-0.4, -0.2) is 0 Å². The van der Waals surface area contributed by atoms with E-state index in [4.69, 9.17) is 0 Å². The zero-order valence-corrected chi connectivity index (χ0v) is 15.9. The Morgan fingerprint density at radius 1 is 0.926 bits per heavy atom. The third kappa shape index (κ3) is 6.93. The van der Waals surface area contributed by atoms with E-state index in [9.17, 15) is 22.0 Å². The summed E-state index contributed by atoms with van der Waals surface area (Å²) < 4.78 is 65.2. The minimum Gasteiger partial charge on any atom is -0.206 e. The van der Waals surface area contributed by atoms with Gasteiger partial charge < -0.3 is 0 Å². The standard InChI is InChI=1S/C22H29F5/c1-2-3-4-5-6-7-16-8-10-17(11-9-16)12-13-18-14-19(23)21(20(24)15-18)22(25,26)27/h2-3,14-17H,4-13H2,1H3. The molecule has 0 radical (unpaired) electrons. The number of unbranched alkanes of at least 4 members (excludes halogenated alkanes) is 2. The van der Waals surface area contributed by atoms with E-state index in [2.05, 4.69) is 12.2 Å². The molecule has 0 heterocycles. The second-order valence-corrected chi connectivity index (χ2v) is 7.71. The highest BCUT2D eigenvalue weighted by Gasteiger charge is 2.37. The van der Waals surface area contributed by atoms with Crippen LogP contribution in [0.3, 0.4) is 0 Å². The van der Waals surface area contributed by atoms with Crippen molar-refractivity contribution in [1.29, 1.82) is 0 Å². The third-order valence-corrected chi connectivity index (χ3v) is 5.66. The predicted octanol–water partition coefficient (Wildman–Crippen LogP) is 7.86. The maximum absolute atomic E-state index is 13.7. The monoisotopic (exact) mass is 388 g/mol. The largest absolute Gasteiger partial charge is 0.422 e. The highest BCUT2D eigenvalue weighted by atomic mass is 19.4. The molecule has 1 aliphatic rings. The summed E-state index contributed by atoms with van der Waals surface area (Å²) in [4.78, 5) is 0. The SMILES string of the molecule is CC=CCCCCC1CCC(CCc2cc(F)c(C(F)(F)F)c(F)c2)CC1. The molecule has 1 aromatic carbocycles. The first kappa shape index (κ1) is 21.9. The predicted molar refractivity (Wildman–Crippen MR) is 98.4 cm³/mol. The Hall–Kier alpha value is -1.39. The molecule has 0 bridgehead atoms. The van der Waals surface area contributed by atoms with Crippen LogP contribution in [0.2, 0.25) is 0 Å². The van der Waals surface area contributed by atoms with E-state index in [1.807, 2.05) is 6.92 Å². The average Bonchev–Trinajstić information content (AvgIpc) is 2.59. The molecule has 0 spiro atoms. The normalized spacial score (nSPS) is 21.1. The van der Waals surface area contributed by atoms with Crippen molar-refractivity contribution >= 4 is 0 Å². The van der Waals surface area contributed by atoms with Crippen LogP contribution >= 0.6 is 0 Å². The van der Waals surface area contributed by atoms with Crippen molar-refractivity contribution < 1.29 is 22.0 Å². The maximum Gasteiger partial charge on any atom is 0.422 e. The molecule has 5 heteroatoms. The molecule has 0 aromatic heterocycles. The lowest BCUT2D eigenvalue weighted by molar-refractivity contribution is -0.142. The van der Waals surface area contributed by atoms with Gasteiger partial charge in [-0.15, -0.1) is 0 Å². The van der Waals surface area contributed by atoms with Gasteiger partial charge in [0.05, 0.1) is 0 Å². The second-order valence-electron chi connectivity index (χ2n) is 7.71. The number of alkyl halides is 3. The average molecular weight is 388 g/mol. The minimum absolute atomic E-state index is 0.309. The van der Waals surface area contributed by atoms with Gasteiger partial charge in [0.1, 0.15) is 17.2 Å². The summed E-state index contributed by atoms with van der Waals surface area (Å²) in [5.74, 6) is -1.76. The number of halogens is 5. The van der Waals surface area contributed by atoms with Crippen molar-refractivity contribution in [1.82, 2.24) is 0 Å². The summed E-state index contributed by atoms with van der Waals surface area (Å²) in [5, 5.41) is 0. The summed E-state index contributed by atoms with van der Waals surface area (Å²) in [5.41, 5.74) is -1.48. The van der Waals surface area contributed by atoms with Crippen molar-refractivity contribution in [3.63, 3.8) is 0 Å². The Morgan fingerprint density at radius 2 is 1.48 bits per heavy atom. The Balaban J connectivity index is 1.75. The van der Waals surface area contributed by atoms with Crippen LogP contribution in [0.5, 0.6) is 0 Å². The van der Waals surface area contributed by atoms with Gasteiger partial charge in [0.2, 0.25) is 0 Å². The number of rotatable bonds is 8. The Kier molecular flexibility index (Phi) is 8.30. The van der Waals surface area contributed by atoms with E-state index in [1.54, 1.807) is 0 Å². The molecule has 27 heavy (non-hydrogen) atoms. The summed E-state index contributed by atoms with van der Waals surface area (Å²) in [7, 11) is 0. The topological polar surface area (TPSA) is 0 Å². The van der Waals surface area contributed by atoms with E-state index < -0.39 is 23.4 Å². The molecule has 0 N–H and O–H groups in total. The molecular weight excluding hydrogens is 359 g/mol. The Labute approximate surface area is 158 Å². The van der Waals surface area contributed by atoms with Crippen molar-refractivity contribution in [2.24, 2.45) is 11.8 Å². The second kappa shape index (κ2) is 10.2. The van der Waals surface area contributed by atoms with Gasteiger partial charge in [-0.3, -0.25) is 0 Å².